The fourth-order valence-electron chi connectivity index (χ4n) is 3.39. The van der Waals surface area contributed by atoms with E-state index in [-0.39, 0.29) is 5.91 Å². The van der Waals surface area contributed by atoms with Crippen molar-refractivity contribution in [3.05, 3.63) is 24.2 Å². The molecular weight excluding hydrogens is 240 g/mol. The van der Waals surface area contributed by atoms with Crippen molar-refractivity contribution < 1.29 is 9.21 Å². The van der Waals surface area contributed by atoms with Crippen LogP contribution in [0.1, 0.15) is 37.9 Å². The number of furan rings is 1. The van der Waals surface area contributed by atoms with E-state index in [1.54, 1.807) is 6.26 Å². The van der Waals surface area contributed by atoms with Crippen molar-refractivity contribution in [3.8, 4) is 0 Å². The van der Waals surface area contributed by atoms with E-state index < -0.39 is 0 Å². The molecule has 104 valence electrons. The number of amides is 1. The monoisotopic (exact) mass is 262 g/mol. The molecular formula is C15H22N2O2. The van der Waals surface area contributed by atoms with Gasteiger partial charge in [0.05, 0.1) is 6.26 Å². The van der Waals surface area contributed by atoms with Gasteiger partial charge < -0.3 is 9.73 Å². The molecule has 19 heavy (non-hydrogen) atoms. The normalized spacial score (nSPS) is 27.2. The van der Waals surface area contributed by atoms with Crippen LogP contribution in [0.2, 0.25) is 0 Å². The fourth-order valence-corrected chi connectivity index (χ4v) is 3.39. The first-order chi connectivity index (χ1) is 9.33. The van der Waals surface area contributed by atoms with E-state index in [0.29, 0.717) is 24.9 Å². The highest BCUT2D eigenvalue weighted by molar-refractivity contribution is 5.76. The number of nitrogens with zero attached hydrogens (tertiary/aromatic N) is 1. The van der Waals surface area contributed by atoms with E-state index in [2.05, 4.69) is 10.2 Å². The Bertz CT molecular complexity index is 416. The van der Waals surface area contributed by atoms with Crippen LogP contribution in [0.25, 0.3) is 0 Å². The quantitative estimate of drug-likeness (QED) is 0.902. The molecule has 0 unspecified atom stereocenters. The predicted molar refractivity (Wildman–Crippen MR) is 72.8 cm³/mol. The van der Waals surface area contributed by atoms with Gasteiger partial charge in [0.2, 0.25) is 5.91 Å². The lowest BCUT2D eigenvalue weighted by molar-refractivity contribution is -0.122. The fraction of sp³-hybridized carbons (Fsp3) is 0.667. The third kappa shape index (κ3) is 3.00. The molecule has 1 amide bonds. The molecule has 0 spiro atoms. The largest absolute Gasteiger partial charge is 0.469 e. The first-order valence-electron chi connectivity index (χ1n) is 7.39. The maximum absolute atomic E-state index is 12.0. The number of fused-ring (bicyclic) bond motifs is 1. The minimum atomic E-state index is 0.161. The van der Waals surface area contributed by atoms with E-state index in [4.69, 9.17) is 4.42 Å². The van der Waals surface area contributed by atoms with E-state index in [1.807, 2.05) is 12.1 Å². The Balaban J connectivity index is 1.47. The molecule has 4 heteroatoms. The molecule has 0 aromatic carbocycles. The van der Waals surface area contributed by atoms with Gasteiger partial charge in [0, 0.05) is 31.5 Å². The molecule has 1 aromatic heterocycles. The molecule has 2 aliphatic heterocycles. The first-order valence-corrected chi connectivity index (χ1v) is 7.39. The van der Waals surface area contributed by atoms with Gasteiger partial charge in [-0.25, -0.2) is 0 Å². The summed E-state index contributed by atoms with van der Waals surface area (Å²) < 4.78 is 5.25. The maximum atomic E-state index is 12.0. The Morgan fingerprint density at radius 3 is 3.16 bits per heavy atom. The van der Waals surface area contributed by atoms with Gasteiger partial charge in [0.15, 0.2) is 0 Å². The Morgan fingerprint density at radius 2 is 2.32 bits per heavy atom. The van der Waals surface area contributed by atoms with E-state index in [1.165, 1.54) is 25.8 Å². The SMILES string of the molecule is O=C(CCc1ccco1)N[C@@H]1CCN2CCCC[C@@H]12. The number of aryl methyl sites for hydroxylation is 1. The summed E-state index contributed by atoms with van der Waals surface area (Å²) in [5.41, 5.74) is 0. The predicted octanol–water partition coefficient (Wildman–Crippen LogP) is 1.96. The molecule has 4 nitrogen and oxygen atoms in total. The van der Waals surface area contributed by atoms with Gasteiger partial charge in [-0.3, -0.25) is 9.69 Å². The average Bonchev–Trinajstić information content (AvgIpc) is 3.07. The molecule has 2 aliphatic rings. The molecule has 1 N–H and O–H groups in total. The lowest BCUT2D eigenvalue weighted by Crippen LogP contribution is -2.46. The van der Waals surface area contributed by atoms with Crippen molar-refractivity contribution in [1.29, 1.82) is 0 Å². The highest BCUT2D eigenvalue weighted by Crippen LogP contribution is 2.27. The number of piperidine rings is 1. The van der Waals surface area contributed by atoms with Crippen LogP contribution in [0.15, 0.2) is 22.8 Å². The summed E-state index contributed by atoms with van der Waals surface area (Å²) in [4.78, 5) is 14.5. The highest BCUT2D eigenvalue weighted by atomic mass is 16.3. The van der Waals surface area contributed by atoms with Crippen molar-refractivity contribution >= 4 is 5.91 Å². The Hall–Kier alpha value is -1.29. The van der Waals surface area contributed by atoms with Crippen LogP contribution in [0.4, 0.5) is 0 Å². The lowest BCUT2D eigenvalue weighted by atomic mass is 9.99. The molecule has 2 atom stereocenters. The summed E-state index contributed by atoms with van der Waals surface area (Å²) >= 11 is 0. The molecule has 1 aromatic rings. The van der Waals surface area contributed by atoms with Gasteiger partial charge >= 0.3 is 0 Å². The van der Waals surface area contributed by atoms with Gasteiger partial charge in [-0.1, -0.05) is 6.42 Å². The van der Waals surface area contributed by atoms with Gasteiger partial charge in [0.25, 0.3) is 0 Å². The summed E-state index contributed by atoms with van der Waals surface area (Å²) in [6.07, 6.45) is 7.84. The summed E-state index contributed by atoms with van der Waals surface area (Å²) in [6.45, 7) is 2.36. The van der Waals surface area contributed by atoms with Crippen LogP contribution >= 0.6 is 0 Å². The van der Waals surface area contributed by atoms with Crippen LogP contribution in [0, 0.1) is 0 Å². The minimum Gasteiger partial charge on any atom is -0.469 e. The number of carbonyl (C=O) groups is 1. The summed E-state index contributed by atoms with van der Waals surface area (Å²) in [5.74, 6) is 1.05. The molecule has 0 aliphatic carbocycles. The zero-order valence-corrected chi connectivity index (χ0v) is 11.3. The van der Waals surface area contributed by atoms with Crippen molar-refractivity contribution in [3.63, 3.8) is 0 Å². The number of carbonyl (C=O) groups excluding carboxylic acids is 1. The molecule has 0 radical (unpaired) electrons. The van der Waals surface area contributed by atoms with E-state index in [9.17, 15) is 4.79 Å². The second-order valence-corrected chi connectivity index (χ2v) is 5.64. The van der Waals surface area contributed by atoms with Gasteiger partial charge in [-0.05, 0) is 37.9 Å². The molecule has 2 fully saturated rings. The average molecular weight is 262 g/mol. The van der Waals surface area contributed by atoms with Gasteiger partial charge in [-0.2, -0.15) is 0 Å². The smallest absolute Gasteiger partial charge is 0.220 e. The highest BCUT2D eigenvalue weighted by Gasteiger charge is 2.35. The number of hydrogen-bond donors (Lipinski definition) is 1. The van der Waals surface area contributed by atoms with Crippen molar-refractivity contribution in [2.24, 2.45) is 0 Å². The summed E-state index contributed by atoms with van der Waals surface area (Å²) in [6, 6.07) is 4.74. The van der Waals surface area contributed by atoms with Crippen LogP contribution in [-0.2, 0) is 11.2 Å². The van der Waals surface area contributed by atoms with Crippen LogP contribution in [-0.4, -0.2) is 36.0 Å². The second-order valence-electron chi connectivity index (χ2n) is 5.64. The minimum absolute atomic E-state index is 0.161. The Labute approximate surface area is 114 Å². The molecule has 3 heterocycles. The van der Waals surface area contributed by atoms with Crippen molar-refractivity contribution in [2.45, 2.75) is 50.6 Å². The van der Waals surface area contributed by atoms with Crippen molar-refractivity contribution in [2.75, 3.05) is 13.1 Å². The third-order valence-corrected chi connectivity index (χ3v) is 4.38. The van der Waals surface area contributed by atoms with Gasteiger partial charge in [-0.15, -0.1) is 0 Å². The summed E-state index contributed by atoms with van der Waals surface area (Å²) in [7, 11) is 0. The first kappa shape index (κ1) is 12.7. The lowest BCUT2D eigenvalue weighted by Gasteiger charge is -2.32. The Kier molecular flexibility index (Phi) is 3.87. The van der Waals surface area contributed by atoms with E-state index >= 15 is 0 Å². The molecule has 2 saturated heterocycles. The third-order valence-electron chi connectivity index (χ3n) is 4.38. The topological polar surface area (TPSA) is 45.5 Å². The zero-order valence-electron chi connectivity index (χ0n) is 11.3. The van der Waals surface area contributed by atoms with Crippen molar-refractivity contribution in [1.82, 2.24) is 10.2 Å². The van der Waals surface area contributed by atoms with Crippen LogP contribution < -0.4 is 5.32 Å². The van der Waals surface area contributed by atoms with Crippen LogP contribution in [0.3, 0.4) is 0 Å². The second kappa shape index (κ2) is 5.78. The standard InChI is InChI=1S/C15H22N2O2/c18-15(7-6-12-4-3-11-19-12)16-13-8-10-17-9-2-1-5-14(13)17/h3-4,11,13-14H,1-2,5-10H2,(H,16,18)/t13-,14+/m1/s1. The Morgan fingerprint density at radius 1 is 1.37 bits per heavy atom. The van der Waals surface area contributed by atoms with Crippen LogP contribution in [0.5, 0.6) is 0 Å². The zero-order chi connectivity index (χ0) is 13.1. The van der Waals surface area contributed by atoms with E-state index in [0.717, 1.165) is 18.7 Å². The molecule has 0 bridgehead atoms. The molecule has 0 saturated carbocycles. The number of nitrogens with one attached hydrogen (secondary N) is 1. The number of rotatable bonds is 4. The number of hydrogen-bond acceptors (Lipinski definition) is 3. The molecule has 3 rings (SSSR count). The van der Waals surface area contributed by atoms with Gasteiger partial charge in [0.1, 0.15) is 5.76 Å². The maximum Gasteiger partial charge on any atom is 0.220 e. The summed E-state index contributed by atoms with van der Waals surface area (Å²) in [5, 5.41) is 3.22.